The van der Waals surface area contributed by atoms with Crippen molar-refractivity contribution in [2.45, 2.75) is 32.5 Å². The maximum Gasteiger partial charge on any atom is 0.199 e. The molecule has 2 heterocycles. The SMILES string of the molecule is Cc1ccc(C(=O)c2ccc(OC3CCCCO3)cc2)cn1. The number of aromatic nitrogens is 1. The molecule has 0 saturated carbocycles. The van der Waals surface area contributed by atoms with Crippen molar-refractivity contribution in [3.8, 4) is 5.75 Å². The number of benzene rings is 1. The van der Waals surface area contributed by atoms with Gasteiger partial charge in [-0.2, -0.15) is 0 Å². The summed E-state index contributed by atoms with van der Waals surface area (Å²) in [6, 6.07) is 10.8. The van der Waals surface area contributed by atoms with Gasteiger partial charge in [0.1, 0.15) is 5.75 Å². The first kappa shape index (κ1) is 14.7. The number of hydrogen-bond acceptors (Lipinski definition) is 4. The van der Waals surface area contributed by atoms with E-state index in [4.69, 9.17) is 9.47 Å². The third-order valence-electron chi connectivity index (χ3n) is 3.70. The van der Waals surface area contributed by atoms with Crippen molar-refractivity contribution in [3.63, 3.8) is 0 Å². The van der Waals surface area contributed by atoms with Crippen molar-refractivity contribution in [3.05, 3.63) is 59.4 Å². The molecule has 1 unspecified atom stereocenters. The third-order valence-corrected chi connectivity index (χ3v) is 3.70. The van der Waals surface area contributed by atoms with Gasteiger partial charge in [-0.05, 0) is 56.2 Å². The van der Waals surface area contributed by atoms with Gasteiger partial charge in [-0.15, -0.1) is 0 Å². The van der Waals surface area contributed by atoms with E-state index in [0.717, 1.165) is 37.3 Å². The van der Waals surface area contributed by atoms with E-state index in [1.165, 1.54) is 0 Å². The second kappa shape index (κ2) is 6.71. The van der Waals surface area contributed by atoms with Gasteiger partial charge in [0.05, 0.1) is 6.61 Å². The fourth-order valence-electron chi connectivity index (χ4n) is 2.41. The van der Waals surface area contributed by atoms with Crippen LogP contribution in [0.25, 0.3) is 0 Å². The van der Waals surface area contributed by atoms with Crippen LogP contribution in [0.4, 0.5) is 0 Å². The Morgan fingerprint density at radius 1 is 1.14 bits per heavy atom. The minimum atomic E-state index is -0.170. The predicted molar refractivity (Wildman–Crippen MR) is 83.1 cm³/mol. The van der Waals surface area contributed by atoms with Gasteiger partial charge >= 0.3 is 0 Å². The fourth-order valence-corrected chi connectivity index (χ4v) is 2.41. The number of carbonyl (C=O) groups excluding carboxylic acids is 1. The van der Waals surface area contributed by atoms with Gasteiger partial charge in [0, 0.05) is 29.4 Å². The van der Waals surface area contributed by atoms with Crippen LogP contribution < -0.4 is 4.74 Å². The lowest BCUT2D eigenvalue weighted by Crippen LogP contribution is -2.24. The van der Waals surface area contributed by atoms with Crippen LogP contribution in [-0.2, 0) is 4.74 Å². The standard InChI is InChI=1S/C18H19NO3/c1-13-5-6-15(12-19-13)18(20)14-7-9-16(10-8-14)22-17-4-2-3-11-21-17/h5-10,12,17H,2-4,11H2,1H3. The first-order valence-corrected chi connectivity index (χ1v) is 7.58. The second-order valence-corrected chi connectivity index (χ2v) is 5.46. The smallest absolute Gasteiger partial charge is 0.199 e. The molecule has 0 spiro atoms. The van der Waals surface area contributed by atoms with Crippen LogP contribution in [0.2, 0.25) is 0 Å². The number of ether oxygens (including phenoxy) is 2. The zero-order valence-electron chi connectivity index (χ0n) is 12.6. The lowest BCUT2D eigenvalue weighted by atomic mass is 10.0. The highest BCUT2D eigenvalue weighted by atomic mass is 16.7. The molecular weight excluding hydrogens is 278 g/mol. The Kier molecular flexibility index (Phi) is 4.49. The molecule has 1 aliphatic heterocycles. The maximum absolute atomic E-state index is 12.4. The monoisotopic (exact) mass is 297 g/mol. The van der Waals surface area contributed by atoms with Gasteiger partial charge in [-0.25, -0.2) is 0 Å². The van der Waals surface area contributed by atoms with Crippen LogP contribution in [0.15, 0.2) is 42.6 Å². The van der Waals surface area contributed by atoms with E-state index in [1.807, 2.05) is 25.1 Å². The molecule has 3 rings (SSSR count). The highest BCUT2D eigenvalue weighted by molar-refractivity contribution is 6.08. The summed E-state index contributed by atoms with van der Waals surface area (Å²) < 4.78 is 11.3. The molecule has 114 valence electrons. The predicted octanol–water partition coefficient (Wildman–Crippen LogP) is 3.53. The summed E-state index contributed by atoms with van der Waals surface area (Å²) in [4.78, 5) is 16.5. The van der Waals surface area contributed by atoms with Crippen molar-refractivity contribution in [2.24, 2.45) is 0 Å². The van der Waals surface area contributed by atoms with Crippen molar-refractivity contribution in [2.75, 3.05) is 6.61 Å². The molecule has 0 radical (unpaired) electrons. The summed E-state index contributed by atoms with van der Waals surface area (Å²) in [6.07, 6.45) is 4.57. The number of rotatable bonds is 4. The van der Waals surface area contributed by atoms with E-state index in [2.05, 4.69) is 4.98 Å². The molecule has 1 aliphatic rings. The molecule has 1 saturated heterocycles. The summed E-state index contributed by atoms with van der Waals surface area (Å²) in [5, 5.41) is 0. The quantitative estimate of drug-likeness (QED) is 0.810. The highest BCUT2D eigenvalue weighted by Gasteiger charge is 2.15. The van der Waals surface area contributed by atoms with E-state index < -0.39 is 0 Å². The Morgan fingerprint density at radius 2 is 1.91 bits per heavy atom. The number of carbonyl (C=O) groups is 1. The summed E-state index contributed by atoms with van der Waals surface area (Å²) in [5.74, 6) is 0.693. The molecule has 0 bridgehead atoms. The van der Waals surface area contributed by atoms with Crippen LogP contribution in [0.3, 0.4) is 0 Å². The Balaban J connectivity index is 1.68. The molecule has 0 amide bonds. The Hall–Kier alpha value is -2.20. The average Bonchev–Trinajstić information content (AvgIpc) is 2.57. The van der Waals surface area contributed by atoms with Gasteiger partial charge in [-0.1, -0.05) is 0 Å². The molecular formula is C18H19NO3. The largest absolute Gasteiger partial charge is 0.465 e. The molecule has 1 atom stereocenters. The minimum Gasteiger partial charge on any atom is -0.465 e. The zero-order chi connectivity index (χ0) is 15.4. The van der Waals surface area contributed by atoms with Gasteiger partial charge < -0.3 is 9.47 Å². The van der Waals surface area contributed by atoms with Crippen molar-refractivity contribution in [1.82, 2.24) is 4.98 Å². The first-order valence-electron chi connectivity index (χ1n) is 7.58. The fraction of sp³-hybridized carbons (Fsp3) is 0.333. The molecule has 1 aromatic heterocycles. The van der Waals surface area contributed by atoms with E-state index in [0.29, 0.717) is 11.1 Å². The van der Waals surface area contributed by atoms with Crippen LogP contribution >= 0.6 is 0 Å². The first-order chi connectivity index (χ1) is 10.7. The van der Waals surface area contributed by atoms with Crippen LogP contribution in [0, 0.1) is 6.92 Å². The van der Waals surface area contributed by atoms with Crippen molar-refractivity contribution >= 4 is 5.78 Å². The average molecular weight is 297 g/mol. The number of hydrogen-bond donors (Lipinski definition) is 0. The van der Waals surface area contributed by atoms with E-state index in [-0.39, 0.29) is 12.1 Å². The number of ketones is 1. The number of aryl methyl sites for hydroxylation is 1. The lowest BCUT2D eigenvalue weighted by Gasteiger charge is -2.23. The maximum atomic E-state index is 12.4. The van der Waals surface area contributed by atoms with Gasteiger partial charge in [0.2, 0.25) is 0 Å². The summed E-state index contributed by atoms with van der Waals surface area (Å²) in [7, 11) is 0. The van der Waals surface area contributed by atoms with Crippen molar-refractivity contribution < 1.29 is 14.3 Å². The molecule has 4 nitrogen and oxygen atoms in total. The molecule has 22 heavy (non-hydrogen) atoms. The third kappa shape index (κ3) is 3.52. The van der Waals surface area contributed by atoms with Crippen LogP contribution in [-0.4, -0.2) is 23.7 Å². The molecule has 1 fully saturated rings. The summed E-state index contributed by atoms with van der Waals surface area (Å²) in [6.45, 7) is 2.65. The van der Waals surface area contributed by atoms with Crippen LogP contribution in [0.1, 0.15) is 40.9 Å². The van der Waals surface area contributed by atoms with Crippen LogP contribution in [0.5, 0.6) is 5.75 Å². The van der Waals surface area contributed by atoms with Gasteiger partial charge in [-0.3, -0.25) is 9.78 Å². The normalized spacial score (nSPS) is 18.0. The Labute approximate surface area is 130 Å². The molecule has 0 aliphatic carbocycles. The van der Waals surface area contributed by atoms with Crippen molar-refractivity contribution in [1.29, 1.82) is 0 Å². The van der Waals surface area contributed by atoms with Gasteiger partial charge in [0.25, 0.3) is 0 Å². The number of pyridine rings is 1. The Morgan fingerprint density at radius 3 is 2.55 bits per heavy atom. The van der Waals surface area contributed by atoms with E-state index >= 15 is 0 Å². The second-order valence-electron chi connectivity index (χ2n) is 5.46. The highest BCUT2D eigenvalue weighted by Crippen LogP contribution is 2.20. The molecule has 1 aromatic carbocycles. The van der Waals surface area contributed by atoms with E-state index in [9.17, 15) is 4.79 Å². The molecule has 0 N–H and O–H groups in total. The summed E-state index contributed by atoms with van der Waals surface area (Å²) in [5.41, 5.74) is 2.12. The Bertz CT molecular complexity index is 628. The van der Waals surface area contributed by atoms with E-state index in [1.54, 1.807) is 24.4 Å². The molecule has 2 aromatic rings. The topological polar surface area (TPSA) is 48.4 Å². The van der Waals surface area contributed by atoms with Gasteiger partial charge in [0.15, 0.2) is 12.1 Å². The zero-order valence-corrected chi connectivity index (χ0v) is 12.6. The summed E-state index contributed by atoms with van der Waals surface area (Å²) >= 11 is 0. The lowest BCUT2D eigenvalue weighted by molar-refractivity contribution is -0.105. The number of nitrogens with zero attached hydrogens (tertiary/aromatic N) is 1. The molecule has 4 heteroatoms. The minimum absolute atomic E-state index is 0.0343.